The molecule has 1 amide bonds. The number of anilines is 2. The van der Waals surface area contributed by atoms with E-state index in [1.807, 2.05) is 24.3 Å². The fraction of sp³-hybridized carbons (Fsp3) is 0.500. The first-order valence-electron chi connectivity index (χ1n) is 12.0. The van der Waals surface area contributed by atoms with Crippen molar-refractivity contribution in [2.45, 2.75) is 52.0 Å². The van der Waals surface area contributed by atoms with Crippen LogP contribution in [0.15, 0.2) is 42.6 Å². The Hall–Kier alpha value is -2.57. The fourth-order valence-corrected chi connectivity index (χ4v) is 5.03. The molecule has 2 atom stereocenters. The summed E-state index contributed by atoms with van der Waals surface area (Å²) in [7, 11) is 0. The number of hydrogen-bond acceptors (Lipinski definition) is 5. The second-order valence-electron chi connectivity index (χ2n) is 8.78. The van der Waals surface area contributed by atoms with E-state index in [-0.39, 0.29) is 30.1 Å². The summed E-state index contributed by atoms with van der Waals surface area (Å²) >= 11 is 0. The molecule has 1 aromatic carbocycles. The third-order valence-electron chi connectivity index (χ3n) is 6.92. The van der Waals surface area contributed by atoms with E-state index in [0.717, 1.165) is 63.1 Å². The van der Waals surface area contributed by atoms with Gasteiger partial charge in [-0.1, -0.05) is 38.5 Å². The van der Waals surface area contributed by atoms with Crippen LogP contribution in [0.2, 0.25) is 0 Å². The van der Waals surface area contributed by atoms with Crippen molar-refractivity contribution in [2.24, 2.45) is 5.92 Å². The van der Waals surface area contributed by atoms with Gasteiger partial charge in [0.05, 0.1) is 17.3 Å². The van der Waals surface area contributed by atoms with Gasteiger partial charge in [0.25, 0.3) is 0 Å². The minimum absolute atomic E-state index is 0.00135. The van der Waals surface area contributed by atoms with E-state index in [1.165, 1.54) is 0 Å². The molecule has 1 fully saturated rings. The quantitative estimate of drug-likeness (QED) is 0.745. The molecule has 2 unspecified atom stereocenters. The van der Waals surface area contributed by atoms with Crippen LogP contribution in [0.1, 0.15) is 55.5 Å². The minimum atomic E-state index is -0.288. The number of carbonyl (C=O) groups excluding carboxylic acids is 2. The molecule has 0 spiro atoms. The van der Waals surface area contributed by atoms with Gasteiger partial charge in [-0.2, -0.15) is 0 Å². The maximum absolute atomic E-state index is 14.2. The number of fused-ring (bicyclic) bond motifs is 2. The molecule has 0 bridgehead atoms. The molecule has 2 aromatic rings. The summed E-state index contributed by atoms with van der Waals surface area (Å²) in [6.07, 6.45) is 6.17. The van der Waals surface area contributed by atoms with E-state index in [1.54, 1.807) is 23.2 Å². The Balaban J connectivity index is 1.71. The Morgan fingerprint density at radius 1 is 1.16 bits per heavy atom. The number of nitrogens with zero attached hydrogens (tertiary/aromatic N) is 3. The summed E-state index contributed by atoms with van der Waals surface area (Å²) in [4.78, 5) is 35.8. The molecule has 4 rings (SSSR count). The highest BCUT2D eigenvalue weighted by molar-refractivity contribution is 6.12. The number of amides is 1. The van der Waals surface area contributed by atoms with Crippen LogP contribution < -0.4 is 10.2 Å². The van der Waals surface area contributed by atoms with Crippen LogP contribution in [0, 0.1) is 5.92 Å². The number of nitrogens with one attached hydrogen (secondary N) is 1. The molecule has 1 N–H and O–H groups in total. The van der Waals surface area contributed by atoms with Crippen molar-refractivity contribution in [1.29, 1.82) is 0 Å². The highest BCUT2D eigenvalue weighted by Gasteiger charge is 2.37. The lowest BCUT2D eigenvalue weighted by molar-refractivity contribution is -0.121. The summed E-state index contributed by atoms with van der Waals surface area (Å²) in [5.74, 6) is 0.714. The molecular formula is C26H34N4O2. The van der Waals surface area contributed by atoms with Gasteiger partial charge in [-0.25, -0.2) is 4.98 Å². The first-order chi connectivity index (χ1) is 15.6. The standard InChI is InChI=1S/C26H34N4O2/c1-3-29(4-2)17-14-19-10-7-8-15-27-24(19)26(32)30-22-13-6-5-11-20(22)18-23(31)21-12-9-16-28-25(21)30/h5-6,9,11-13,16,19,24,27H,3-4,7-8,10,14-15,17-18H2,1-2H3. The number of aromatic nitrogens is 1. The first-order valence-corrected chi connectivity index (χ1v) is 12.0. The second kappa shape index (κ2) is 10.4. The highest BCUT2D eigenvalue weighted by Crippen LogP contribution is 2.36. The smallest absolute Gasteiger partial charge is 0.250 e. The average molecular weight is 435 g/mol. The van der Waals surface area contributed by atoms with Crippen molar-refractivity contribution >= 4 is 23.2 Å². The number of Topliss-reactive ketones (excluding diaryl/α,β-unsaturated/α-hetero) is 1. The number of para-hydroxylation sites is 1. The zero-order valence-electron chi connectivity index (χ0n) is 19.2. The van der Waals surface area contributed by atoms with Gasteiger partial charge in [-0.3, -0.25) is 14.5 Å². The predicted octanol–water partition coefficient (Wildman–Crippen LogP) is 3.98. The van der Waals surface area contributed by atoms with Gasteiger partial charge >= 0.3 is 0 Å². The monoisotopic (exact) mass is 434 g/mol. The zero-order chi connectivity index (χ0) is 22.5. The molecule has 6 nitrogen and oxygen atoms in total. The normalized spacial score (nSPS) is 21.0. The Morgan fingerprint density at radius 3 is 2.78 bits per heavy atom. The summed E-state index contributed by atoms with van der Waals surface area (Å²) in [5, 5.41) is 3.56. The lowest BCUT2D eigenvalue weighted by Crippen LogP contribution is -2.49. The lowest BCUT2D eigenvalue weighted by Gasteiger charge is -2.32. The molecule has 2 aliphatic rings. The molecule has 0 aliphatic carbocycles. The van der Waals surface area contributed by atoms with Crippen molar-refractivity contribution in [3.05, 3.63) is 53.7 Å². The van der Waals surface area contributed by atoms with E-state index in [2.05, 4.69) is 29.0 Å². The third-order valence-corrected chi connectivity index (χ3v) is 6.92. The Bertz CT molecular complexity index is 956. The van der Waals surface area contributed by atoms with Gasteiger partial charge in [0.2, 0.25) is 5.91 Å². The second-order valence-corrected chi connectivity index (χ2v) is 8.78. The van der Waals surface area contributed by atoms with Crippen molar-refractivity contribution in [3.63, 3.8) is 0 Å². The molecule has 0 radical (unpaired) electrons. The number of rotatable bonds is 6. The van der Waals surface area contributed by atoms with Gasteiger partial charge in [0, 0.05) is 12.6 Å². The maximum atomic E-state index is 14.2. The highest BCUT2D eigenvalue weighted by atomic mass is 16.2. The predicted molar refractivity (Wildman–Crippen MR) is 127 cm³/mol. The van der Waals surface area contributed by atoms with Crippen LogP contribution in [0.25, 0.3) is 0 Å². The summed E-state index contributed by atoms with van der Waals surface area (Å²) in [5.41, 5.74) is 2.17. The number of ketones is 1. The Kier molecular flexibility index (Phi) is 7.33. The van der Waals surface area contributed by atoms with E-state index in [9.17, 15) is 9.59 Å². The zero-order valence-corrected chi connectivity index (χ0v) is 19.2. The Morgan fingerprint density at radius 2 is 1.97 bits per heavy atom. The first kappa shape index (κ1) is 22.6. The van der Waals surface area contributed by atoms with Gasteiger partial charge in [-0.05, 0) is 75.1 Å². The molecule has 170 valence electrons. The average Bonchev–Trinajstić information content (AvgIpc) is 3.13. The largest absolute Gasteiger partial charge is 0.306 e. The number of carbonyl (C=O) groups is 2. The van der Waals surface area contributed by atoms with Crippen LogP contribution in [-0.4, -0.2) is 53.8 Å². The van der Waals surface area contributed by atoms with Gasteiger partial charge in [0.15, 0.2) is 11.6 Å². The van der Waals surface area contributed by atoms with Gasteiger partial charge in [-0.15, -0.1) is 0 Å². The van der Waals surface area contributed by atoms with Crippen LogP contribution in [0.4, 0.5) is 11.5 Å². The Labute approximate surface area is 191 Å². The summed E-state index contributed by atoms with van der Waals surface area (Å²) in [6, 6.07) is 11.0. The summed E-state index contributed by atoms with van der Waals surface area (Å²) < 4.78 is 0. The topological polar surface area (TPSA) is 65.5 Å². The number of pyridine rings is 1. The van der Waals surface area contributed by atoms with Crippen molar-refractivity contribution in [1.82, 2.24) is 15.2 Å². The third kappa shape index (κ3) is 4.62. The van der Waals surface area contributed by atoms with E-state index in [0.29, 0.717) is 11.4 Å². The molecule has 6 heteroatoms. The number of benzene rings is 1. The molecule has 1 aromatic heterocycles. The number of hydrogen-bond donors (Lipinski definition) is 1. The SMILES string of the molecule is CCN(CC)CCC1CCCCNC1C(=O)N1c2ccccc2CC(=O)c2cccnc21. The van der Waals surface area contributed by atoms with Gasteiger partial charge < -0.3 is 10.2 Å². The lowest BCUT2D eigenvalue weighted by atomic mass is 9.90. The van der Waals surface area contributed by atoms with Crippen molar-refractivity contribution in [2.75, 3.05) is 31.1 Å². The molecule has 32 heavy (non-hydrogen) atoms. The molecular weight excluding hydrogens is 400 g/mol. The van der Waals surface area contributed by atoms with Crippen LogP contribution in [0.3, 0.4) is 0 Å². The van der Waals surface area contributed by atoms with E-state index in [4.69, 9.17) is 0 Å². The molecule has 2 aliphatic heterocycles. The molecule has 0 saturated carbocycles. The fourth-order valence-electron chi connectivity index (χ4n) is 5.03. The molecule has 1 saturated heterocycles. The van der Waals surface area contributed by atoms with Gasteiger partial charge in [0.1, 0.15) is 0 Å². The van der Waals surface area contributed by atoms with Crippen LogP contribution in [0.5, 0.6) is 0 Å². The molecule has 3 heterocycles. The van der Waals surface area contributed by atoms with Crippen molar-refractivity contribution in [3.8, 4) is 0 Å². The van der Waals surface area contributed by atoms with Crippen LogP contribution >= 0.6 is 0 Å². The van der Waals surface area contributed by atoms with Crippen LogP contribution in [-0.2, 0) is 11.2 Å². The minimum Gasteiger partial charge on any atom is -0.306 e. The van der Waals surface area contributed by atoms with E-state index >= 15 is 0 Å². The summed E-state index contributed by atoms with van der Waals surface area (Å²) in [6.45, 7) is 8.24. The maximum Gasteiger partial charge on any atom is 0.250 e. The van der Waals surface area contributed by atoms with Crippen molar-refractivity contribution < 1.29 is 9.59 Å². The van der Waals surface area contributed by atoms with E-state index < -0.39 is 0 Å².